The Morgan fingerprint density at radius 2 is 1.82 bits per heavy atom. The molecule has 2 aliphatic carbocycles. The smallest absolute Gasteiger partial charge is 0.248 e. The SMILES string of the molecule is OCC1(C2CC(F)(F)C2)CC1. The van der Waals surface area contributed by atoms with Crippen molar-refractivity contribution in [1.29, 1.82) is 0 Å². The number of alkyl halides is 2. The van der Waals surface area contributed by atoms with Crippen molar-refractivity contribution in [1.82, 2.24) is 0 Å². The van der Waals surface area contributed by atoms with E-state index in [9.17, 15) is 8.78 Å². The van der Waals surface area contributed by atoms with Gasteiger partial charge in [-0.25, -0.2) is 8.78 Å². The summed E-state index contributed by atoms with van der Waals surface area (Å²) in [4.78, 5) is 0. The highest BCUT2D eigenvalue weighted by Gasteiger charge is 2.59. The number of halogens is 2. The molecule has 0 aromatic carbocycles. The van der Waals surface area contributed by atoms with Crippen LogP contribution in [0.15, 0.2) is 0 Å². The van der Waals surface area contributed by atoms with Gasteiger partial charge in [-0.05, 0) is 24.2 Å². The normalized spacial score (nSPS) is 33.0. The molecule has 1 nitrogen and oxygen atoms in total. The van der Waals surface area contributed by atoms with E-state index in [-0.39, 0.29) is 30.8 Å². The molecule has 0 spiro atoms. The Kier molecular flexibility index (Phi) is 1.32. The maximum atomic E-state index is 12.4. The molecule has 0 bridgehead atoms. The van der Waals surface area contributed by atoms with Gasteiger partial charge >= 0.3 is 0 Å². The molecular formula is C8H12F2O. The van der Waals surface area contributed by atoms with Gasteiger partial charge in [0.2, 0.25) is 5.92 Å². The number of rotatable bonds is 2. The minimum Gasteiger partial charge on any atom is -0.396 e. The maximum Gasteiger partial charge on any atom is 0.248 e. The van der Waals surface area contributed by atoms with Crippen LogP contribution in [-0.4, -0.2) is 17.6 Å². The lowest BCUT2D eigenvalue weighted by atomic mass is 9.71. The molecule has 1 N–H and O–H groups in total. The number of hydrogen-bond acceptors (Lipinski definition) is 1. The molecule has 0 aromatic heterocycles. The molecule has 0 aromatic rings. The van der Waals surface area contributed by atoms with Crippen LogP contribution < -0.4 is 0 Å². The zero-order chi connectivity index (χ0) is 8.11. The van der Waals surface area contributed by atoms with Crippen molar-refractivity contribution < 1.29 is 13.9 Å². The number of hydrogen-bond donors (Lipinski definition) is 1. The standard InChI is InChI=1S/C8H12F2O/c9-8(10)3-6(4-8)7(5-11)1-2-7/h6,11H,1-5H2. The molecule has 3 heteroatoms. The van der Waals surface area contributed by atoms with Crippen LogP contribution in [0.2, 0.25) is 0 Å². The molecule has 0 saturated heterocycles. The summed E-state index contributed by atoms with van der Waals surface area (Å²) in [6.07, 6.45) is 1.91. The molecule has 0 amide bonds. The van der Waals surface area contributed by atoms with E-state index < -0.39 is 5.92 Å². The Labute approximate surface area is 64.4 Å². The lowest BCUT2D eigenvalue weighted by molar-refractivity contribution is -0.136. The lowest BCUT2D eigenvalue weighted by Gasteiger charge is -2.39. The molecule has 0 radical (unpaired) electrons. The van der Waals surface area contributed by atoms with E-state index in [4.69, 9.17) is 5.11 Å². The van der Waals surface area contributed by atoms with Gasteiger partial charge in [-0.3, -0.25) is 0 Å². The molecule has 64 valence electrons. The predicted molar refractivity (Wildman–Crippen MR) is 36.4 cm³/mol. The fraction of sp³-hybridized carbons (Fsp3) is 1.00. The van der Waals surface area contributed by atoms with Crippen molar-refractivity contribution in [2.24, 2.45) is 11.3 Å². The van der Waals surface area contributed by atoms with Gasteiger partial charge in [-0.2, -0.15) is 0 Å². The summed E-state index contributed by atoms with van der Waals surface area (Å²) in [6.45, 7) is 0.105. The zero-order valence-corrected chi connectivity index (χ0v) is 6.32. The molecule has 2 fully saturated rings. The van der Waals surface area contributed by atoms with Crippen LogP contribution in [0.5, 0.6) is 0 Å². The third-order valence-electron chi connectivity index (χ3n) is 3.16. The second-order valence-corrected chi connectivity index (χ2v) is 3.98. The average Bonchev–Trinajstić information content (AvgIpc) is 2.62. The fourth-order valence-electron chi connectivity index (χ4n) is 1.95. The Morgan fingerprint density at radius 1 is 1.27 bits per heavy atom. The molecule has 11 heavy (non-hydrogen) atoms. The van der Waals surface area contributed by atoms with Crippen molar-refractivity contribution in [3.63, 3.8) is 0 Å². The predicted octanol–water partition coefficient (Wildman–Crippen LogP) is 1.80. The van der Waals surface area contributed by atoms with Gasteiger partial charge < -0.3 is 5.11 Å². The first-order chi connectivity index (χ1) is 5.08. The van der Waals surface area contributed by atoms with Gasteiger partial charge in [0.25, 0.3) is 0 Å². The van der Waals surface area contributed by atoms with Crippen LogP contribution >= 0.6 is 0 Å². The van der Waals surface area contributed by atoms with E-state index in [0.29, 0.717) is 0 Å². The lowest BCUT2D eigenvalue weighted by Crippen LogP contribution is -2.41. The monoisotopic (exact) mass is 162 g/mol. The molecule has 0 unspecified atom stereocenters. The summed E-state index contributed by atoms with van der Waals surface area (Å²) in [6, 6.07) is 0. The van der Waals surface area contributed by atoms with Gasteiger partial charge in [0.15, 0.2) is 0 Å². The number of aliphatic hydroxyl groups is 1. The highest BCUT2D eigenvalue weighted by atomic mass is 19.3. The first-order valence-electron chi connectivity index (χ1n) is 4.07. The van der Waals surface area contributed by atoms with Crippen LogP contribution in [0.25, 0.3) is 0 Å². The van der Waals surface area contributed by atoms with Crippen LogP contribution in [0, 0.1) is 11.3 Å². The highest BCUT2D eigenvalue weighted by molar-refractivity contribution is 5.05. The molecule has 2 aliphatic rings. The van der Waals surface area contributed by atoms with Gasteiger partial charge in [-0.1, -0.05) is 0 Å². The first-order valence-corrected chi connectivity index (χ1v) is 4.07. The minimum absolute atomic E-state index is 0.00750. The molecule has 0 atom stereocenters. The van der Waals surface area contributed by atoms with Gasteiger partial charge in [-0.15, -0.1) is 0 Å². The van der Waals surface area contributed by atoms with Gasteiger partial charge in [0.05, 0.1) is 0 Å². The van der Waals surface area contributed by atoms with Crippen LogP contribution in [-0.2, 0) is 0 Å². The van der Waals surface area contributed by atoms with Crippen molar-refractivity contribution in [3.05, 3.63) is 0 Å². The summed E-state index contributed by atoms with van der Waals surface area (Å²) < 4.78 is 24.8. The van der Waals surface area contributed by atoms with E-state index in [0.717, 1.165) is 12.8 Å². The van der Waals surface area contributed by atoms with E-state index in [2.05, 4.69) is 0 Å². The van der Waals surface area contributed by atoms with Gasteiger partial charge in [0, 0.05) is 19.4 Å². The van der Waals surface area contributed by atoms with Crippen molar-refractivity contribution >= 4 is 0 Å². The second kappa shape index (κ2) is 1.94. The topological polar surface area (TPSA) is 20.2 Å². The van der Waals surface area contributed by atoms with Crippen LogP contribution in [0.4, 0.5) is 8.78 Å². The Bertz CT molecular complexity index is 167. The summed E-state index contributed by atoms with van der Waals surface area (Å²) in [5, 5.41) is 8.92. The zero-order valence-electron chi connectivity index (χ0n) is 6.32. The van der Waals surface area contributed by atoms with E-state index in [1.807, 2.05) is 0 Å². The van der Waals surface area contributed by atoms with E-state index in [1.165, 1.54) is 0 Å². The summed E-state index contributed by atoms with van der Waals surface area (Å²) in [5.74, 6) is -2.32. The Hall–Kier alpha value is -0.180. The molecule has 2 saturated carbocycles. The largest absolute Gasteiger partial charge is 0.396 e. The van der Waals surface area contributed by atoms with Gasteiger partial charge in [0.1, 0.15) is 0 Å². The summed E-state index contributed by atoms with van der Waals surface area (Å²) in [5.41, 5.74) is -0.0817. The first kappa shape index (κ1) is 7.47. The van der Waals surface area contributed by atoms with Crippen molar-refractivity contribution in [2.45, 2.75) is 31.6 Å². The third kappa shape index (κ3) is 1.06. The van der Waals surface area contributed by atoms with Crippen LogP contribution in [0.1, 0.15) is 25.7 Å². The maximum absolute atomic E-state index is 12.4. The third-order valence-corrected chi connectivity index (χ3v) is 3.16. The number of aliphatic hydroxyl groups excluding tert-OH is 1. The average molecular weight is 162 g/mol. The van der Waals surface area contributed by atoms with Crippen molar-refractivity contribution in [3.8, 4) is 0 Å². The molecule has 0 aliphatic heterocycles. The summed E-state index contributed by atoms with van der Waals surface area (Å²) >= 11 is 0. The highest BCUT2D eigenvalue weighted by Crippen LogP contribution is 2.61. The quantitative estimate of drug-likeness (QED) is 0.656. The van der Waals surface area contributed by atoms with Crippen LogP contribution in [0.3, 0.4) is 0 Å². The minimum atomic E-state index is -2.42. The second-order valence-electron chi connectivity index (χ2n) is 3.98. The fourth-order valence-corrected chi connectivity index (χ4v) is 1.95. The molecular weight excluding hydrogens is 150 g/mol. The van der Waals surface area contributed by atoms with E-state index in [1.54, 1.807) is 0 Å². The molecule has 2 rings (SSSR count). The summed E-state index contributed by atoms with van der Waals surface area (Å²) in [7, 11) is 0. The molecule has 0 heterocycles. The van der Waals surface area contributed by atoms with Crippen molar-refractivity contribution in [2.75, 3.05) is 6.61 Å². The van der Waals surface area contributed by atoms with E-state index >= 15 is 0 Å². The Balaban J connectivity index is 1.91. The Morgan fingerprint density at radius 3 is 2.09 bits per heavy atom.